The molecule has 1 fully saturated rings. The number of nitrogens with one attached hydrogen (secondary N) is 1. The molecule has 0 atom stereocenters. The number of nitrogens with zero attached hydrogens (tertiary/aromatic N) is 2. The maximum absolute atomic E-state index is 13.8. The van der Waals surface area contributed by atoms with Crippen LogP contribution in [0.3, 0.4) is 0 Å². The Morgan fingerprint density at radius 2 is 1.93 bits per heavy atom. The number of carbonyl (C=O) groups excluding carboxylic acids is 2. The number of benzene rings is 1. The van der Waals surface area contributed by atoms with Gasteiger partial charge in [0.1, 0.15) is 17.2 Å². The third-order valence-corrected chi connectivity index (χ3v) is 5.69. The van der Waals surface area contributed by atoms with Gasteiger partial charge in [-0.25, -0.2) is 13.8 Å². The maximum atomic E-state index is 13.8. The molecule has 8 heteroatoms. The molecule has 0 radical (unpaired) electrons. The largest absolute Gasteiger partial charge is 0.356 e. The highest BCUT2D eigenvalue weighted by Crippen LogP contribution is 2.31. The lowest BCUT2D eigenvalue weighted by Gasteiger charge is -2.31. The summed E-state index contributed by atoms with van der Waals surface area (Å²) in [6.07, 6.45) is 2.10. The van der Waals surface area contributed by atoms with E-state index in [-0.39, 0.29) is 11.8 Å². The minimum absolute atomic E-state index is 0.0613. The van der Waals surface area contributed by atoms with Gasteiger partial charge in [-0.05, 0) is 25.0 Å². The number of piperidine rings is 1. The number of halogens is 2. The molecule has 0 saturated carbocycles. The summed E-state index contributed by atoms with van der Waals surface area (Å²) in [6.45, 7) is 2.92. The van der Waals surface area contributed by atoms with Gasteiger partial charge in [-0.15, -0.1) is 11.3 Å². The predicted octanol–water partition coefficient (Wildman–Crippen LogP) is 3.12. The minimum Gasteiger partial charge on any atom is -0.356 e. The number of hydrogen-bond acceptors (Lipinski definition) is 4. The third kappa shape index (κ3) is 4.68. The van der Waals surface area contributed by atoms with Crippen molar-refractivity contribution in [2.24, 2.45) is 0 Å². The first-order valence-corrected chi connectivity index (χ1v) is 9.75. The maximum Gasteiger partial charge on any atom is 0.259 e. The summed E-state index contributed by atoms with van der Waals surface area (Å²) >= 11 is 1.58. The molecule has 2 heterocycles. The molecule has 0 unspecified atom stereocenters. The van der Waals surface area contributed by atoms with Gasteiger partial charge in [0.2, 0.25) is 5.91 Å². The van der Waals surface area contributed by atoms with Gasteiger partial charge in [-0.2, -0.15) is 0 Å². The van der Waals surface area contributed by atoms with E-state index >= 15 is 0 Å². The molecule has 2 amide bonds. The summed E-state index contributed by atoms with van der Waals surface area (Å²) in [5.74, 6) is -2.08. The highest BCUT2D eigenvalue weighted by atomic mass is 32.1. The van der Waals surface area contributed by atoms with Crippen LogP contribution in [0.5, 0.6) is 0 Å². The molecule has 1 aromatic heterocycles. The van der Waals surface area contributed by atoms with Crippen LogP contribution in [-0.4, -0.2) is 41.3 Å². The van der Waals surface area contributed by atoms with Crippen LogP contribution in [-0.2, 0) is 11.2 Å². The number of rotatable bonds is 5. The van der Waals surface area contributed by atoms with Crippen molar-refractivity contribution < 1.29 is 18.4 Å². The summed E-state index contributed by atoms with van der Waals surface area (Å²) in [6, 6.07) is 3.45. The first-order valence-electron chi connectivity index (χ1n) is 8.87. The van der Waals surface area contributed by atoms with Gasteiger partial charge in [0, 0.05) is 44.3 Å². The quantitative estimate of drug-likeness (QED) is 0.849. The van der Waals surface area contributed by atoms with Crippen molar-refractivity contribution in [3.8, 4) is 0 Å². The van der Waals surface area contributed by atoms with Gasteiger partial charge in [-0.3, -0.25) is 9.59 Å². The molecule has 5 nitrogen and oxygen atoms in total. The minimum atomic E-state index is -0.828. The Bertz CT molecular complexity index is 812. The molecule has 1 N–H and O–H groups in total. The number of hydrogen-bond donors (Lipinski definition) is 1. The fraction of sp³-hybridized carbons (Fsp3) is 0.421. The van der Waals surface area contributed by atoms with Crippen molar-refractivity contribution in [1.29, 1.82) is 0 Å². The number of amides is 2. The first-order chi connectivity index (χ1) is 13.0. The zero-order chi connectivity index (χ0) is 19.4. The van der Waals surface area contributed by atoms with Crippen LogP contribution in [0.2, 0.25) is 0 Å². The van der Waals surface area contributed by atoms with Crippen molar-refractivity contribution >= 4 is 23.2 Å². The highest BCUT2D eigenvalue weighted by molar-refractivity contribution is 7.09. The van der Waals surface area contributed by atoms with Crippen LogP contribution >= 0.6 is 11.3 Å². The topological polar surface area (TPSA) is 62.3 Å². The molecule has 1 aliphatic rings. The SMILES string of the molecule is CC(=O)NCCc1csc(C2CCN(C(=O)c3c(F)cccc3F)CC2)n1. The molecular formula is C19H21F2N3O2S. The van der Waals surface area contributed by atoms with Crippen molar-refractivity contribution in [1.82, 2.24) is 15.2 Å². The molecule has 0 spiro atoms. The molecule has 1 aliphatic heterocycles. The number of carbonyl (C=O) groups is 2. The van der Waals surface area contributed by atoms with E-state index in [0.29, 0.717) is 38.9 Å². The Kier molecular flexibility index (Phi) is 6.15. The summed E-state index contributed by atoms with van der Waals surface area (Å²) in [7, 11) is 0. The van der Waals surface area contributed by atoms with Crippen LogP contribution in [0.1, 0.15) is 46.7 Å². The second kappa shape index (κ2) is 8.56. The average molecular weight is 393 g/mol. The molecule has 1 saturated heterocycles. The molecule has 1 aromatic carbocycles. The standard InChI is InChI=1S/C19H21F2N3O2S/c1-12(25)22-8-5-14-11-27-18(23-14)13-6-9-24(10-7-13)19(26)17-15(20)3-2-4-16(17)21/h2-4,11,13H,5-10H2,1H3,(H,22,25). The van der Waals surface area contributed by atoms with E-state index < -0.39 is 23.1 Å². The summed E-state index contributed by atoms with van der Waals surface area (Å²) in [5.41, 5.74) is 0.459. The predicted molar refractivity (Wildman–Crippen MR) is 98.7 cm³/mol. The van der Waals surface area contributed by atoms with E-state index in [2.05, 4.69) is 10.3 Å². The molecule has 0 bridgehead atoms. The van der Waals surface area contributed by atoms with Crippen LogP contribution in [0.25, 0.3) is 0 Å². The Labute approximate surface area is 160 Å². The van der Waals surface area contributed by atoms with E-state index in [0.717, 1.165) is 22.8 Å². The Morgan fingerprint density at radius 1 is 1.26 bits per heavy atom. The van der Waals surface area contributed by atoms with Gasteiger partial charge in [0.05, 0.1) is 10.7 Å². The second-order valence-electron chi connectivity index (χ2n) is 6.57. The summed E-state index contributed by atoms with van der Waals surface area (Å²) in [5, 5.41) is 5.75. The second-order valence-corrected chi connectivity index (χ2v) is 7.46. The van der Waals surface area contributed by atoms with Gasteiger partial charge >= 0.3 is 0 Å². The first kappa shape index (κ1) is 19.4. The van der Waals surface area contributed by atoms with Crippen LogP contribution in [0.15, 0.2) is 23.6 Å². The lowest BCUT2D eigenvalue weighted by atomic mass is 9.97. The molecule has 0 aliphatic carbocycles. The van der Waals surface area contributed by atoms with Crippen molar-refractivity contribution in [2.75, 3.05) is 19.6 Å². The lowest BCUT2D eigenvalue weighted by molar-refractivity contribution is -0.118. The fourth-order valence-electron chi connectivity index (χ4n) is 3.18. The third-order valence-electron chi connectivity index (χ3n) is 4.63. The van der Waals surface area contributed by atoms with Crippen LogP contribution in [0, 0.1) is 11.6 Å². The molecule has 144 valence electrons. The lowest BCUT2D eigenvalue weighted by Crippen LogP contribution is -2.38. The Hall–Kier alpha value is -2.35. The summed E-state index contributed by atoms with van der Waals surface area (Å²) < 4.78 is 27.7. The number of likely N-dealkylation sites (tertiary alicyclic amines) is 1. The van der Waals surface area contributed by atoms with E-state index in [1.165, 1.54) is 17.9 Å². The molecular weight excluding hydrogens is 372 g/mol. The van der Waals surface area contributed by atoms with Gasteiger partial charge < -0.3 is 10.2 Å². The van der Waals surface area contributed by atoms with Crippen LogP contribution < -0.4 is 5.32 Å². The zero-order valence-corrected chi connectivity index (χ0v) is 15.8. The van der Waals surface area contributed by atoms with Crippen molar-refractivity contribution in [3.05, 3.63) is 51.5 Å². The molecule has 2 aromatic rings. The number of thiazole rings is 1. The van der Waals surface area contributed by atoms with E-state index in [9.17, 15) is 18.4 Å². The van der Waals surface area contributed by atoms with Crippen LogP contribution in [0.4, 0.5) is 8.78 Å². The van der Waals surface area contributed by atoms with Gasteiger partial charge in [0.15, 0.2) is 0 Å². The normalized spacial score (nSPS) is 15.0. The molecule has 27 heavy (non-hydrogen) atoms. The van der Waals surface area contributed by atoms with E-state index in [1.54, 1.807) is 11.3 Å². The fourth-order valence-corrected chi connectivity index (χ4v) is 4.21. The zero-order valence-electron chi connectivity index (χ0n) is 15.0. The summed E-state index contributed by atoms with van der Waals surface area (Å²) in [4.78, 5) is 29.5. The Morgan fingerprint density at radius 3 is 2.56 bits per heavy atom. The van der Waals surface area contributed by atoms with E-state index in [1.807, 2.05) is 5.38 Å². The smallest absolute Gasteiger partial charge is 0.259 e. The van der Waals surface area contributed by atoms with E-state index in [4.69, 9.17) is 0 Å². The van der Waals surface area contributed by atoms with Gasteiger partial charge in [-0.1, -0.05) is 6.07 Å². The Balaban J connectivity index is 1.57. The van der Waals surface area contributed by atoms with Crippen molar-refractivity contribution in [3.63, 3.8) is 0 Å². The van der Waals surface area contributed by atoms with Gasteiger partial charge in [0.25, 0.3) is 5.91 Å². The average Bonchev–Trinajstić information content (AvgIpc) is 3.10. The molecule has 3 rings (SSSR count). The van der Waals surface area contributed by atoms with Crippen molar-refractivity contribution in [2.45, 2.75) is 32.1 Å². The highest BCUT2D eigenvalue weighted by Gasteiger charge is 2.29. The monoisotopic (exact) mass is 393 g/mol. The number of aromatic nitrogens is 1.